The number of aryl methyl sites for hydroxylation is 1. The molecule has 4 aromatic rings. The summed E-state index contributed by atoms with van der Waals surface area (Å²) in [5, 5.41) is 10.4. The number of ether oxygens (including phenoxy) is 2. The first-order chi connectivity index (χ1) is 15.2. The first-order valence-corrected chi connectivity index (χ1v) is 10.9. The maximum atomic E-state index is 9.72. The largest absolute Gasteiger partial charge is 0.490 e. The quantitative estimate of drug-likeness (QED) is 0.311. The van der Waals surface area contributed by atoms with Crippen molar-refractivity contribution in [3.63, 3.8) is 0 Å². The van der Waals surface area contributed by atoms with Crippen LogP contribution in [0.3, 0.4) is 0 Å². The Hall–Kier alpha value is -3.62. The summed E-state index contributed by atoms with van der Waals surface area (Å²) >= 11 is 1.52. The van der Waals surface area contributed by atoms with Gasteiger partial charge in [-0.05, 0) is 55.3 Å². The zero-order valence-corrected chi connectivity index (χ0v) is 18.3. The van der Waals surface area contributed by atoms with Crippen LogP contribution < -0.4 is 9.47 Å². The highest BCUT2D eigenvalue weighted by atomic mass is 32.1. The number of hydrogen-bond acceptors (Lipinski definition) is 5. The van der Waals surface area contributed by atoms with Crippen molar-refractivity contribution in [2.75, 3.05) is 6.61 Å². The zero-order valence-electron chi connectivity index (χ0n) is 17.5. The van der Waals surface area contributed by atoms with E-state index < -0.39 is 0 Å². The Morgan fingerprint density at radius 1 is 1.03 bits per heavy atom. The smallest absolute Gasteiger partial charge is 0.161 e. The first kappa shape index (κ1) is 20.6. The van der Waals surface area contributed by atoms with Crippen molar-refractivity contribution in [1.82, 2.24) is 4.98 Å². The van der Waals surface area contributed by atoms with Crippen molar-refractivity contribution in [2.24, 2.45) is 0 Å². The minimum Gasteiger partial charge on any atom is -0.490 e. The number of para-hydroxylation sites is 1. The predicted molar refractivity (Wildman–Crippen MR) is 126 cm³/mol. The molecule has 0 saturated heterocycles. The van der Waals surface area contributed by atoms with Crippen molar-refractivity contribution >= 4 is 33.2 Å². The molecule has 5 heteroatoms. The minimum atomic E-state index is 0.464. The Morgan fingerprint density at radius 2 is 1.90 bits per heavy atom. The number of aromatic nitrogens is 1. The molecule has 1 aromatic heterocycles. The fourth-order valence-corrected chi connectivity index (χ4v) is 4.19. The fourth-order valence-electron chi connectivity index (χ4n) is 3.26. The molecule has 0 atom stereocenters. The molecule has 154 valence electrons. The summed E-state index contributed by atoms with van der Waals surface area (Å²) in [4.78, 5) is 4.60. The molecule has 4 rings (SSSR count). The minimum absolute atomic E-state index is 0.464. The molecule has 0 aliphatic carbocycles. The molecule has 0 radical (unpaired) electrons. The van der Waals surface area contributed by atoms with Crippen LogP contribution in [0.4, 0.5) is 0 Å². The summed E-state index contributed by atoms with van der Waals surface area (Å²) < 4.78 is 12.9. The molecule has 0 unspecified atom stereocenters. The predicted octanol–water partition coefficient (Wildman–Crippen LogP) is 6.65. The van der Waals surface area contributed by atoms with Crippen LogP contribution >= 0.6 is 11.3 Å². The Balaban J connectivity index is 1.60. The van der Waals surface area contributed by atoms with Crippen molar-refractivity contribution in [3.05, 3.63) is 88.4 Å². The third-order valence-electron chi connectivity index (χ3n) is 4.70. The van der Waals surface area contributed by atoms with Gasteiger partial charge in [0, 0.05) is 0 Å². The molecule has 0 N–H and O–H groups in total. The number of nitriles is 1. The Kier molecular flexibility index (Phi) is 6.30. The van der Waals surface area contributed by atoms with E-state index in [1.807, 2.05) is 67.6 Å². The van der Waals surface area contributed by atoms with Crippen molar-refractivity contribution in [1.29, 1.82) is 5.26 Å². The standard InChI is InChI=1S/C26H22N2O2S/c1-3-29-24-15-19(11-12-23(24)30-17-20-8-6-7-18(2)13-20)14-21(16-27)26-28-22-9-4-5-10-25(22)31-26/h4-15H,3,17H2,1-2H3. The zero-order chi connectivity index (χ0) is 21.6. The molecule has 0 spiro atoms. The Morgan fingerprint density at radius 3 is 2.68 bits per heavy atom. The molecular weight excluding hydrogens is 404 g/mol. The number of rotatable bonds is 7. The van der Waals surface area contributed by atoms with Crippen molar-refractivity contribution < 1.29 is 9.47 Å². The molecule has 3 aromatic carbocycles. The molecule has 0 saturated carbocycles. The molecule has 0 aliphatic heterocycles. The fraction of sp³-hybridized carbons (Fsp3) is 0.154. The summed E-state index contributed by atoms with van der Waals surface area (Å²) in [5.74, 6) is 1.34. The van der Waals surface area contributed by atoms with Gasteiger partial charge >= 0.3 is 0 Å². The van der Waals surface area contributed by atoms with E-state index in [9.17, 15) is 5.26 Å². The van der Waals surface area contributed by atoms with Crippen LogP contribution in [0.15, 0.2) is 66.7 Å². The maximum Gasteiger partial charge on any atom is 0.161 e. The average Bonchev–Trinajstić information content (AvgIpc) is 3.21. The normalized spacial score (nSPS) is 11.3. The lowest BCUT2D eigenvalue weighted by molar-refractivity contribution is 0.269. The van der Waals surface area contributed by atoms with Crippen LogP contribution in [0.25, 0.3) is 21.9 Å². The molecule has 4 nitrogen and oxygen atoms in total. The van der Waals surface area contributed by atoms with Crippen LogP contribution in [-0.4, -0.2) is 11.6 Å². The molecule has 1 heterocycles. The number of allylic oxidation sites excluding steroid dienone is 1. The molecular formula is C26H22N2O2S. The highest BCUT2D eigenvalue weighted by Gasteiger charge is 2.11. The van der Waals surface area contributed by atoms with Crippen molar-refractivity contribution in [2.45, 2.75) is 20.5 Å². The molecule has 0 fully saturated rings. The molecule has 0 amide bonds. The Bertz CT molecular complexity index is 1250. The van der Waals surface area contributed by atoms with Crippen LogP contribution in [0.2, 0.25) is 0 Å². The second-order valence-corrected chi connectivity index (χ2v) is 8.10. The SMILES string of the molecule is CCOc1cc(C=C(C#N)c2nc3ccccc3s2)ccc1OCc1cccc(C)c1. The van der Waals surface area contributed by atoms with Gasteiger partial charge in [-0.2, -0.15) is 5.26 Å². The van der Waals surface area contributed by atoms with E-state index in [0.717, 1.165) is 21.3 Å². The van der Waals surface area contributed by atoms with Gasteiger partial charge in [0.25, 0.3) is 0 Å². The van der Waals surface area contributed by atoms with E-state index >= 15 is 0 Å². The topological polar surface area (TPSA) is 55.1 Å². The lowest BCUT2D eigenvalue weighted by Gasteiger charge is -2.13. The van der Waals surface area contributed by atoms with Gasteiger partial charge in [0.15, 0.2) is 11.5 Å². The highest BCUT2D eigenvalue weighted by Crippen LogP contribution is 2.32. The number of benzene rings is 3. The second kappa shape index (κ2) is 9.46. The average molecular weight is 427 g/mol. The summed E-state index contributed by atoms with van der Waals surface area (Å²) in [6.07, 6.45) is 1.84. The summed E-state index contributed by atoms with van der Waals surface area (Å²) in [6.45, 7) is 4.99. The first-order valence-electron chi connectivity index (χ1n) is 10.1. The lowest BCUT2D eigenvalue weighted by atomic mass is 10.1. The van der Waals surface area contributed by atoms with Gasteiger partial charge in [0.05, 0.1) is 22.4 Å². The number of fused-ring (bicyclic) bond motifs is 1. The van der Waals surface area contributed by atoms with E-state index in [-0.39, 0.29) is 0 Å². The van der Waals surface area contributed by atoms with Gasteiger partial charge in [-0.1, -0.05) is 48.0 Å². The summed E-state index contributed by atoms with van der Waals surface area (Å²) in [5.41, 5.74) is 4.59. The van der Waals surface area contributed by atoms with E-state index in [4.69, 9.17) is 9.47 Å². The second-order valence-electron chi connectivity index (χ2n) is 7.07. The van der Waals surface area contributed by atoms with E-state index in [2.05, 4.69) is 30.1 Å². The van der Waals surface area contributed by atoms with E-state index in [1.165, 1.54) is 16.9 Å². The van der Waals surface area contributed by atoms with Crippen LogP contribution in [0, 0.1) is 18.3 Å². The van der Waals surface area contributed by atoms with Gasteiger partial charge in [-0.15, -0.1) is 11.3 Å². The van der Waals surface area contributed by atoms with Gasteiger partial charge < -0.3 is 9.47 Å². The monoisotopic (exact) mass is 426 g/mol. The third-order valence-corrected chi connectivity index (χ3v) is 5.77. The van der Waals surface area contributed by atoms with Gasteiger partial charge in [0.2, 0.25) is 0 Å². The third kappa shape index (κ3) is 4.93. The van der Waals surface area contributed by atoms with Crippen molar-refractivity contribution in [3.8, 4) is 17.6 Å². The van der Waals surface area contributed by atoms with Crippen LogP contribution in [0.5, 0.6) is 11.5 Å². The number of hydrogen-bond donors (Lipinski definition) is 0. The number of thiazole rings is 1. The lowest BCUT2D eigenvalue weighted by Crippen LogP contribution is -2.00. The highest BCUT2D eigenvalue weighted by molar-refractivity contribution is 7.19. The maximum absolute atomic E-state index is 9.72. The van der Waals surface area contributed by atoms with Gasteiger partial charge in [0.1, 0.15) is 17.7 Å². The van der Waals surface area contributed by atoms with Crippen LogP contribution in [0.1, 0.15) is 28.6 Å². The van der Waals surface area contributed by atoms with E-state index in [1.54, 1.807) is 0 Å². The summed E-state index contributed by atoms with van der Waals surface area (Å²) in [7, 11) is 0. The van der Waals surface area contributed by atoms with Gasteiger partial charge in [-0.25, -0.2) is 4.98 Å². The van der Waals surface area contributed by atoms with Crippen LogP contribution in [-0.2, 0) is 6.61 Å². The molecule has 0 aliphatic rings. The molecule has 31 heavy (non-hydrogen) atoms. The number of nitrogens with zero attached hydrogens (tertiary/aromatic N) is 2. The van der Waals surface area contributed by atoms with Gasteiger partial charge in [-0.3, -0.25) is 0 Å². The molecule has 0 bridgehead atoms. The Labute approximate surface area is 186 Å². The van der Waals surface area contributed by atoms with E-state index in [0.29, 0.717) is 35.3 Å². The summed E-state index contributed by atoms with van der Waals surface area (Å²) in [6, 6.07) is 24.1.